The highest BCUT2D eigenvalue weighted by Gasteiger charge is 2.14. The minimum Gasteiger partial charge on any atom is -0.356 e. The Morgan fingerprint density at radius 1 is 0.909 bits per heavy atom. The van der Waals surface area contributed by atoms with Crippen LogP contribution in [0, 0.1) is 5.92 Å². The monoisotopic (exact) mass is 308 g/mol. The molecule has 0 aromatic rings. The predicted molar refractivity (Wildman–Crippen MR) is 93.0 cm³/mol. The average Bonchev–Trinajstić information content (AvgIpc) is 2.58. The van der Waals surface area contributed by atoms with E-state index in [-0.39, 0.29) is 5.91 Å². The lowest BCUT2D eigenvalue weighted by atomic mass is 9.86. The second kappa shape index (κ2) is 11.0. The maximum atomic E-state index is 11.8. The molecule has 0 aromatic heterocycles. The van der Waals surface area contributed by atoms with Crippen LogP contribution in [0.5, 0.6) is 0 Å². The van der Waals surface area contributed by atoms with Crippen LogP contribution in [0.4, 0.5) is 0 Å². The molecule has 128 valence electrons. The molecule has 1 saturated heterocycles. The number of amides is 1. The van der Waals surface area contributed by atoms with E-state index < -0.39 is 0 Å². The molecular formula is C19H36N2O. The first kappa shape index (κ1) is 17.8. The number of nitrogens with one attached hydrogen (secondary N) is 1. The van der Waals surface area contributed by atoms with Crippen LogP contribution < -0.4 is 5.32 Å². The molecule has 1 aliphatic carbocycles. The topological polar surface area (TPSA) is 32.3 Å². The third-order valence-electron chi connectivity index (χ3n) is 5.43. The van der Waals surface area contributed by atoms with Crippen molar-refractivity contribution in [3.05, 3.63) is 0 Å². The van der Waals surface area contributed by atoms with Crippen LogP contribution in [0.3, 0.4) is 0 Å². The summed E-state index contributed by atoms with van der Waals surface area (Å²) in [6, 6.07) is 0. The lowest BCUT2D eigenvalue weighted by molar-refractivity contribution is -0.121. The van der Waals surface area contributed by atoms with Gasteiger partial charge in [0, 0.05) is 13.0 Å². The fourth-order valence-electron chi connectivity index (χ4n) is 3.95. The van der Waals surface area contributed by atoms with Crippen LogP contribution in [0.15, 0.2) is 0 Å². The fraction of sp³-hybridized carbons (Fsp3) is 0.947. The summed E-state index contributed by atoms with van der Waals surface area (Å²) in [6.07, 6.45) is 16.6. The van der Waals surface area contributed by atoms with Crippen molar-refractivity contribution in [1.29, 1.82) is 0 Å². The van der Waals surface area contributed by atoms with Crippen LogP contribution in [-0.2, 0) is 4.79 Å². The molecule has 1 N–H and O–H groups in total. The zero-order chi connectivity index (χ0) is 15.5. The molecule has 2 rings (SSSR count). The van der Waals surface area contributed by atoms with Crippen LogP contribution in [-0.4, -0.2) is 37.0 Å². The normalized spacial score (nSPS) is 20.9. The summed E-state index contributed by atoms with van der Waals surface area (Å²) in [7, 11) is 0. The van der Waals surface area contributed by atoms with Gasteiger partial charge in [0.05, 0.1) is 0 Å². The van der Waals surface area contributed by atoms with Crippen LogP contribution >= 0.6 is 0 Å². The van der Waals surface area contributed by atoms with Gasteiger partial charge in [0.1, 0.15) is 0 Å². The Bertz CT molecular complexity index is 294. The number of hydrogen-bond acceptors (Lipinski definition) is 2. The smallest absolute Gasteiger partial charge is 0.220 e. The molecule has 2 fully saturated rings. The lowest BCUT2D eigenvalue weighted by Crippen LogP contribution is -2.30. The SMILES string of the molecule is O=C(CCC1CCCCC1)NCCCCCN1CCCCC1. The Morgan fingerprint density at radius 2 is 1.64 bits per heavy atom. The number of carbonyl (C=O) groups is 1. The highest BCUT2D eigenvalue weighted by Crippen LogP contribution is 2.27. The molecule has 0 atom stereocenters. The summed E-state index contributed by atoms with van der Waals surface area (Å²) in [5.74, 6) is 1.10. The molecule has 2 aliphatic rings. The van der Waals surface area contributed by atoms with Gasteiger partial charge in [0.2, 0.25) is 5.91 Å². The van der Waals surface area contributed by atoms with Gasteiger partial charge in [0.15, 0.2) is 0 Å². The fourth-order valence-corrected chi connectivity index (χ4v) is 3.95. The lowest BCUT2D eigenvalue weighted by Gasteiger charge is -2.26. The summed E-state index contributed by atoms with van der Waals surface area (Å²) in [5.41, 5.74) is 0. The maximum absolute atomic E-state index is 11.8. The Balaban J connectivity index is 1.38. The summed E-state index contributed by atoms with van der Waals surface area (Å²) in [4.78, 5) is 14.4. The van der Waals surface area contributed by atoms with E-state index in [4.69, 9.17) is 0 Å². The zero-order valence-corrected chi connectivity index (χ0v) is 14.5. The number of rotatable bonds is 9. The third kappa shape index (κ3) is 7.62. The quantitative estimate of drug-likeness (QED) is 0.650. The van der Waals surface area contributed by atoms with Gasteiger partial charge in [-0.25, -0.2) is 0 Å². The van der Waals surface area contributed by atoms with Crippen molar-refractivity contribution in [2.45, 2.75) is 83.5 Å². The molecule has 0 unspecified atom stereocenters. The minimum absolute atomic E-state index is 0.279. The number of hydrogen-bond donors (Lipinski definition) is 1. The van der Waals surface area contributed by atoms with Gasteiger partial charge in [-0.05, 0) is 57.7 Å². The van der Waals surface area contributed by atoms with Gasteiger partial charge in [-0.15, -0.1) is 0 Å². The molecule has 3 heteroatoms. The summed E-state index contributed by atoms with van der Waals surface area (Å²) in [5, 5.41) is 3.11. The third-order valence-corrected chi connectivity index (χ3v) is 5.43. The summed E-state index contributed by atoms with van der Waals surface area (Å²) < 4.78 is 0. The molecule has 0 spiro atoms. The number of nitrogens with zero attached hydrogens (tertiary/aromatic N) is 1. The second-order valence-corrected chi connectivity index (χ2v) is 7.36. The Hall–Kier alpha value is -0.570. The molecule has 1 saturated carbocycles. The van der Waals surface area contributed by atoms with Gasteiger partial charge in [-0.3, -0.25) is 4.79 Å². The Kier molecular flexibility index (Phi) is 8.92. The highest BCUT2D eigenvalue weighted by molar-refractivity contribution is 5.75. The zero-order valence-electron chi connectivity index (χ0n) is 14.5. The van der Waals surface area contributed by atoms with Crippen molar-refractivity contribution < 1.29 is 4.79 Å². The van der Waals surface area contributed by atoms with Gasteiger partial charge < -0.3 is 10.2 Å². The van der Waals surface area contributed by atoms with Gasteiger partial charge in [-0.1, -0.05) is 44.9 Å². The minimum atomic E-state index is 0.279. The molecule has 0 radical (unpaired) electrons. The van der Waals surface area contributed by atoms with Crippen molar-refractivity contribution in [1.82, 2.24) is 10.2 Å². The summed E-state index contributed by atoms with van der Waals surface area (Å²) in [6.45, 7) is 4.74. The maximum Gasteiger partial charge on any atom is 0.220 e. The van der Waals surface area contributed by atoms with Crippen molar-refractivity contribution >= 4 is 5.91 Å². The van der Waals surface area contributed by atoms with Gasteiger partial charge >= 0.3 is 0 Å². The van der Waals surface area contributed by atoms with Gasteiger partial charge in [-0.2, -0.15) is 0 Å². The van der Waals surface area contributed by atoms with E-state index in [1.165, 1.54) is 83.8 Å². The van der Waals surface area contributed by atoms with E-state index in [1.54, 1.807) is 0 Å². The Morgan fingerprint density at radius 3 is 2.41 bits per heavy atom. The molecule has 22 heavy (non-hydrogen) atoms. The van der Waals surface area contributed by atoms with Crippen molar-refractivity contribution in [2.75, 3.05) is 26.2 Å². The van der Waals surface area contributed by atoms with Crippen molar-refractivity contribution in [2.24, 2.45) is 5.92 Å². The Labute approximate surface area is 137 Å². The largest absolute Gasteiger partial charge is 0.356 e. The molecule has 0 bridgehead atoms. The van der Waals surface area contributed by atoms with E-state index in [9.17, 15) is 4.79 Å². The van der Waals surface area contributed by atoms with Crippen LogP contribution in [0.1, 0.15) is 83.5 Å². The molecule has 1 aliphatic heterocycles. The van der Waals surface area contributed by atoms with Crippen molar-refractivity contribution in [3.8, 4) is 0 Å². The first-order valence-corrected chi connectivity index (χ1v) is 9.83. The highest BCUT2D eigenvalue weighted by atomic mass is 16.1. The summed E-state index contributed by atoms with van der Waals surface area (Å²) >= 11 is 0. The molecular weight excluding hydrogens is 272 g/mol. The first-order chi connectivity index (χ1) is 10.8. The van der Waals surface area contributed by atoms with E-state index in [0.717, 1.165) is 31.7 Å². The second-order valence-electron chi connectivity index (χ2n) is 7.36. The number of piperidine rings is 1. The first-order valence-electron chi connectivity index (χ1n) is 9.83. The molecule has 3 nitrogen and oxygen atoms in total. The standard InChI is InChI=1S/C19H36N2O/c22-19(13-12-18-10-4-1-5-11-18)20-14-6-2-7-15-21-16-8-3-9-17-21/h18H,1-17H2,(H,20,22). The van der Waals surface area contributed by atoms with Gasteiger partial charge in [0.25, 0.3) is 0 Å². The molecule has 1 heterocycles. The average molecular weight is 309 g/mol. The number of likely N-dealkylation sites (tertiary alicyclic amines) is 1. The van der Waals surface area contributed by atoms with E-state index in [0.29, 0.717) is 0 Å². The predicted octanol–water partition coefficient (Wildman–Crippen LogP) is 4.12. The van der Waals surface area contributed by atoms with Crippen LogP contribution in [0.2, 0.25) is 0 Å². The van der Waals surface area contributed by atoms with Crippen molar-refractivity contribution in [3.63, 3.8) is 0 Å². The number of carbonyl (C=O) groups excluding carboxylic acids is 1. The van der Waals surface area contributed by atoms with E-state index in [2.05, 4.69) is 10.2 Å². The van der Waals surface area contributed by atoms with E-state index >= 15 is 0 Å². The van der Waals surface area contributed by atoms with E-state index in [1.807, 2.05) is 0 Å². The number of unbranched alkanes of at least 4 members (excludes halogenated alkanes) is 2. The molecule has 0 aromatic carbocycles. The van der Waals surface area contributed by atoms with Crippen LogP contribution in [0.25, 0.3) is 0 Å². The molecule has 1 amide bonds.